The van der Waals surface area contributed by atoms with Crippen LogP contribution in [0.4, 0.5) is 0 Å². The number of carbonyl (C=O) groups excluding carboxylic acids is 4. The maximum atomic E-state index is 10.1. The van der Waals surface area contributed by atoms with E-state index in [0.717, 1.165) is 51.4 Å². The quantitative estimate of drug-likeness (QED) is 0.0430. The Morgan fingerprint density at radius 3 is 0.515 bits per heavy atom. The summed E-state index contributed by atoms with van der Waals surface area (Å²) in [5, 5.41) is 40.4. The van der Waals surface area contributed by atoms with Gasteiger partial charge < -0.3 is 39.6 Å². The number of rotatable bonds is 46. The molecule has 0 rings (SSSR count). The average molecular weight is 1150 g/mol. The van der Waals surface area contributed by atoms with Gasteiger partial charge in [0.15, 0.2) is 0 Å². The van der Waals surface area contributed by atoms with Crippen LogP contribution in [0, 0.1) is 0 Å². The van der Waals surface area contributed by atoms with Gasteiger partial charge in [0, 0.05) is 23.9 Å². The minimum absolute atomic E-state index is 0. The third-order valence-corrected chi connectivity index (χ3v) is 15.4. The van der Waals surface area contributed by atoms with Gasteiger partial charge >= 0.3 is 93.5 Å². The molecule has 8 nitrogen and oxygen atoms in total. The van der Waals surface area contributed by atoms with E-state index in [1.807, 2.05) is 0 Å². The maximum absolute atomic E-state index is 10.1. The molecule has 0 aliphatic carbocycles. The first-order valence-electron chi connectivity index (χ1n) is 28.0. The Morgan fingerprint density at radius 2 is 0.379 bits per heavy atom. The number of unbranched alkanes of at least 4 members (excludes halogenated alkanes) is 34. The summed E-state index contributed by atoms with van der Waals surface area (Å²) in [6.07, 6.45) is 50.5. The molecular formula is C56H110O8Sn2+2. The van der Waals surface area contributed by atoms with Crippen LogP contribution in [0.15, 0.2) is 0 Å². The van der Waals surface area contributed by atoms with Crippen molar-refractivity contribution < 1.29 is 39.6 Å². The molecular weight excluding hydrogens is 1040 g/mol. The largest absolute Gasteiger partial charge is 4.00 e. The summed E-state index contributed by atoms with van der Waals surface area (Å²) in [6, 6.07) is 0. The zero-order chi connectivity index (χ0) is 49.5. The summed E-state index contributed by atoms with van der Waals surface area (Å²) in [7, 11) is 0. The van der Waals surface area contributed by atoms with Crippen molar-refractivity contribution in [1.82, 2.24) is 0 Å². The predicted octanol–water partition coefficient (Wildman–Crippen LogP) is 13.4. The van der Waals surface area contributed by atoms with E-state index >= 15 is 0 Å². The van der Waals surface area contributed by atoms with Crippen LogP contribution in [0.3, 0.4) is 0 Å². The van der Waals surface area contributed by atoms with E-state index in [4.69, 9.17) is 0 Å². The minimum atomic E-state index is -0.909. The van der Waals surface area contributed by atoms with Gasteiger partial charge in [-0.05, 0) is 51.4 Å². The SMILES string of the molecule is CCCCCCCCCCCC(=O)[O-].CCCCCCCCCCCC(=O)[O-].CCCCCCCCCCCC(=O)[O-].CCCCCCCCCCCC(=O)[O-].CCC[CH2][Sn+2][CH2]CCC.[Sn+4]. The summed E-state index contributed by atoms with van der Waals surface area (Å²) >= 11 is 0.149. The molecule has 388 valence electrons. The van der Waals surface area contributed by atoms with Crippen LogP contribution in [0.1, 0.15) is 324 Å². The fraction of sp³-hybridized carbons (Fsp3) is 0.929. The smallest absolute Gasteiger partial charge is 4.00 e. The van der Waals surface area contributed by atoms with Gasteiger partial charge in [0.05, 0.1) is 0 Å². The molecule has 0 saturated heterocycles. The molecule has 66 heavy (non-hydrogen) atoms. The molecule has 0 heterocycles. The molecule has 0 bridgehead atoms. The third kappa shape index (κ3) is 101. The predicted molar refractivity (Wildman–Crippen MR) is 278 cm³/mol. The van der Waals surface area contributed by atoms with Crippen LogP contribution in [-0.4, -0.2) is 68.9 Å². The zero-order valence-electron chi connectivity index (χ0n) is 44.8. The van der Waals surface area contributed by atoms with Crippen LogP contribution in [-0.2, 0) is 19.2 Å². The Morgan fingerprint density at radius 1 is 0.242 bits per heavy atom. The first kappa shape index (κ1) is 76.9. The van der Waals surface area contributed by atoms with Crippen molar-refractivity contribution in [1.29, 1.82) is 0 Å². The van der Waals surface area contributed by atoms with Gasteiger partial charge in [0.1, 0.15) is 0 Å². The van der Waals surface area contributed by atoms with Crippen LogP contribution in [0.5, 0.6) is 0 Å². The topological polar surface area (TPSA) is 161 Å². The number of hydrogen-bond donors (Lipinski definition) is 0. The molecule has 0 amide bonds. The second-order valence-electron chi connectivity index (χ2n) is 18.3. The molecule has 0 saturated carbocycles. The number of aliphatic carboxylic acids is 4. The van der Waals surface area contributed by atoms with E-state index in [-0.39, 0.29) is 70.7 Å². The van der Waals surface area contributed by atoms with E-state index in [2.05, 4.69) is 41.5 Å². The van der Waals surface area contributed by atoms with Crippen LogP contribution >= 0.6 is 0 Å². The van der Waals surface area contributed by atoms with Gasteiger partial charge in [-0.3, -0.25) is 0 Å². The molecule has 0 fully saturated rings. The average Bonchev–Trinajstić information content (AvgIpc) is 3.27. The van der Waals surface area contributed by atoms with Crippen molar-refractivity contribution in [2.45, 2.75) is 333 Å². The Kier molecular flexibility index (Phi) is 88.6. The summed E-state index contributed by atoms with van der Waals surface area (Å²) in [5.74, 6) is -3.64. The second kappa shape index (κ2) is 76.0. The van der Waals surface area contributed by atoms with Crippen molar-refractivity contribution in [2.24, 2.45) is 0 Å². The minimum Gasteiger partial charge on any atom is 4.00 e. The Hall–Kier alpha value is -0.523. The van der Waals surface area contributed by atoms with Crippen LogP contribution in [0.25, 0.3) is 0 Å². The van der Waals surface area contributed by atoms with Gasteiger partial charge in [-0.1, -0.05) is 233 Å². The second-order valence-corrected chi connectivity index (χ2v) is 22.5. The molecule has 0 aliphatic heterocycles. The molecule has 0 aliphatic rings. The van der Waals surface area contributed by atoms with E-state index in [1.165, 1.54) is 205 Å². The molecule has 0 aromatic rings. The van der Waals surface area contributed by atoms with Gasteiger partial charge in [-0.2, -0.15) is 0 Å². The van der Waals surface area contributed by atoms with Crippen molar-refractivity contribution in [3.8, 4) is 0 Å². The number of carbonyl (C=O) groups is 4. The van der Waals surface area contributed by atoms with Gasteiger partial charge in [0.2, 0.25) is 0 Å². The van der Waals surface area contributed by atoms with Crippen LogP contribution in [0.2, 0.25) is 8.87 Å². The first-order valence-corrected chi connectivity index (χ1v) is 32.0. The summed E-state index contributed by atoms with van der Waals surface area (Å²) in [6.45, 7) is 13.5. The summed E-state index contributed by atoms with van der Waals surface area (Å²) in [5.41, 5.74) is 0. The molecule has 0 spiro atoms. The Bertz CT molecular complexity index is 771. The molecule has 0 aromatic heterocycles. The summed E-state index contributed by atoms with van der Waals surface area (Å²) in [4.78, 5) is 40.4. The van der Waals surface area contributed by atoms with Crippen molar-refractivity contribution in [2.75, 3.05) is 0 Å². The summed E-state index contributed by atoms with van der Waals surface area (Å²) < 4.78 is 3.25. The van der Waals surface area contributed by atoms with Crippen molar-refractivity contribution >= 4 is 68.9 Å². The molecule has 0 unspecified atom stereocenters. The number of hydrogen-bond acceptors (Lipinski definition) is 8. The van der Waals surface area contributed by atoms with Crippen LogP contribution < -0.4 is 20.4 Å². The maximum Gasteiger partial charge on any atom is 4.00 e. The van der Waals surface area contributed by atoms with Gasteiger partial charge in [0.25, 0.3) is 0 Å². The molecule has 0 radical (unpaired) electrons. The Labute approximate surface area is 438 Å². The molecule has 10 heteroatoms. The van der Waals surface area contributed by atoms with Gasteiger partial charge in [-0.25, -0.2) is 0 Å². The fourth-order valence-electron chi connectivity index (χ4n) is 7.05. The first-order chi connectivity index (χ1) is 31.5. The van der Waals surface area contributed by atoms with E-state index in [1.54, 1.807) is 8.87 Å². The van der Waals surface area contributed by atoms with Crippen molar-refractivity contribution in [3.05, 3.63) is 0 Å². The van der Waals surface area contributed by atoms with E-state index < -0.39 is 23.9 Å². The Balaban J connectivity index is -0.000000171. The standard InChI is InChI=1S/4C12H24O2.2C4H9.2Sn/c4*1-2-3-4-5-6-7-8-9-10-11-12(13)14;2*1-3-4-2;;/h4*2-11H2,1H3,(H,13,14);2*1,3-4H2,2H3;;/q;;;;;;+2;+4/p-4. The third-order valence-electron chi connectivity index (χ3n) is 11.4. The molecule has 0 atom stereocenters. The fourth-order valence-corrected chi connectivity index (χ4v) is 11.2. The number of carboxylic acids is 4. The molecule has 0 N–H and O–H groups in total. The molecule has 0 aromatic carbocycles. The van der Waals surface area contributed by atoms with E-state index in [0.29, 0.717) is 0 Å². The monoisotopic (exact) mass is 1150 g/mol. The van der Waals surface area contributed by atoms with E-state index in [9.17, 15) is 39.6 Å². The van der Waals surface area contributed by atoms with Crippen molar-refractivity contribution in [3.63, 3.8) is 0 Å². The van der Waals surface area contributed by atoms with Gasteiger partial charge in [-0.15, -0.1) is 0 Å². The normalized spacial score (nSPS) is 10.0. The zero-order valence-corrected chi connectivity index (χ0v) is 50.5. The number of carboxylic acid groups (broad SMARTS) is 4.